The van der Waals surface area contributed by atoms with Crippen LogP contribution in [0.25, 0.3) is 0 Å². The molecule has 8 heteroatoms. The molecule has 0 aliphatic rings. The van der Waals surface area contributed by atoms with Crippen molar-refractivity contribution in [1.29, 1.82) is 0 Å². The van der Waals surface area contributed by atoms with Gasteiger partial charge < -0.3 is 10.0 Å². The lowest BCUT2D eigenvalue weighted by atomic mass is 10.2. The van der Waals surface area contributed by atoms with Crippen molar-refractivity contribution in [2.24, 2.45) is 0 Å². The van der Waals surface area contributed by atoms with Crippen molar-refractivity contribution in [3.63, 3.8) is 0 Å². The number of benzene rings is 1. The molecule has 0 spiro atoms. The van der Waals surface area contributed by atoms with E-state index in [1.54, 1.807) is 0 Å². The van der Waals surface area contributed by atoms with E-state index in [1.807, 2.05) is 6.92 Å². The third kappa shape index (κ3) is 7.54. The molecular weight excluding hydrogens is 337 g/mol. The van der Waals surface area contributed by atoms with Crippen LogP contribution < -0.4 is 0 Å². The van der Waals surface area contributed by atoms with E-state index in [0.717, 1.165) is 17.7 Å². The Balaban J connectivity index is 2.77. The third-order valence-corrected chi connectivity index (χ3v) is 4.97. The van der Waals surface area contributed by atoms with Crippen LogP contribution >= 0.6 is 0 Å². The van der Waals surface area contributed by atoms with Crippen LogP contribution in [-0.4, -0.2) is 48.4 Å². The number of hydrogen-bond donors (Lipinski definition) is 1. The number of carbonyl (C=O) groups excluding carboxylic acids is 1. The fourth-order valence-corrected chi connectivity index (χ4v) is 3.48. The number of sulfone groups is 1. The number of carbonyl (C=O) groups is 2. The largest absolute Gasteiger partial charge is 0.480 e. The first-order chi connectivity index (χ1) is 11.2. The summed E-state index contributed by atoms with van der Waals surface area (Å²) in [4.78, 5) is 24.1. The Hall–Kier alpha value is -1.96. The van der Waals surface area contributed by atoms with Gasteiger partial charge in [-0.05, 0) is 24.1 Å². The molecule has 0 saturated heterocycles. The van der Waals surface area contributed by atoms with Crippen LogP contribution in [0.15, 0.2) is 24.3 Å². The van der Waals surface area contributed by atoms with Crippen LogP contribution in [0.4, 0.5) is 4.39 Å². The molecule has 0 aliphatic carbocycles. The Morgan fingerprint density at radius 3 is 2.33 bits per heavy atom. The zero-order valence-corrected chi connectivity index (χ0v) is 14.4. The van der Waals surface area contributed by atoms with E-state index in [0.29, 0.717) is 12.0 Å². The molecule has 1 aromatic rings. The number of rotatable bonds is 10. The van der Waals surface area contributed by atoms with Crippen molar-refractivity contribution < 1.29 is 27.5 Å². The highest BCUT2D eigenvalue weighted by molar-refractivity contribution is 7.92. The Morgan fingerprint density at radius 2 is 1.79 bits per heavy atom. The second-order valence-electron chi connectivity index (χ2n) is 5.57. The number of aliphatic carboxylic acids is 1. The average Bonchev–Trinajstić information content (AvgIpc) is 2.48. The summed E-state index contributed by atoms with van der Waals surface area (Å²) in [7, 11) is -3.58. The summed E-state index contributed by atoms with van der Waals surface area (Å²) in [6.07, 6.45) is 2.09. The Bertz CT molecular complexity index is 658. The molecule has 0 aromatic heterocycles. The average molecular weight is 359 g/mol. The SMILES string of the molecule is CCCCCS(=O)(=O)CC(=O)N(CC(=O)O)Cc1ccc(F)cc1. The maximum Gasteiger partial charge on any atom is 0.323 e. The van der Waals surface area contributed by atoms with Crippen LogP contribution in [-0.2, 0) is 26.0 Å². The highest BCUT2D eigenvalue weighted by atomic mass is 32.2. The van der Waals surface area contributed by atoms with E-state index in [1.165, 1.54) is 24.3 Å². The van der Waals surface area contributed by atoms with Crippen molar-refractivity contribution in [2.75, 3.05) is 18.1 Å². The fourth-order valence-electron chi connectivity index (χ4n) is 2.13. The monoisotopic (exact) mass is 359 g/mol. The standard InChI is InChI=1S/C16H22FNO5S/c1-2-3-4-9-24(22,23)12-15(19)18(11-16(20)21)10-13-5-7-14(17)8-6-13/h5-8H,2-4,9-12H2,1H3,(H,20,21). The van der Waals surface area contributed by atoms with Crippen molar-refractivity contribution >= 4 is 21.7 Å². The van der Waals surface area contributed by atoms with Gasteiger partial charge in [0.05, 0.1) is 5.75 Å². The van der Waals surface area contributed by atoms with Gasteiger partial charge in [0, 0.05) is 6.54 Å². The Labute approximate surface area is 141 Å². The molecule has 0 fully saturated rings. The number of halogens is 1. The number of carboxylic acid groups (broad SMARTS) is 1. The summed E-state index contributed by atoms with van der Waals surface area (Å²) in [6.45, 7) is 1.24. The van der Waals surface area contributed by atoms with Gasteiger partial charge in [0.25, 0.3) is 0 Å². The number of nitrogens with zero attached hydrogens (tertiary/aromatic N) is 1. The normalized spacial score (nSPS) is 11.2. The van der Waals surface area contributed by atoms with E-state index in [-0.39, 0.29) is 12.3 Å². The van der Waals surface area contributed by atoms with Crippen molar-refractivity contribution in [1.82, 2.24) is 4.90 Å². The minimum Gasteiger partial charge on any atom is -0.480 e. The molecule has 0 radical (unpaired) electrons. The first-order valence-electron chi connectivity index (χ1n) is 7.68. The van der Waals surface area contributed by atoms with Gasteiger partial charge >= 0.3 is 5.97 Å². The van der Waals surface area contributed by atoms with Crippen LogP contribution in [0.2, 0.25) is 0 Å². The van der Waals surface area contributed by atoms with E-state index in [4.69, 9.17) is 5.11 Å². The van der Waals surface area contributed by atoms with E-state index in [9.17, 15) is 22.4 Å². The van der Waals surface area contributed by atoms with Gasteiger partial charge in [-0.1, -0.05) is 31.9 Å². The lowest BCUT2D eigenvalue weighted by Crippen LogP contribution is -2.39. The summed E-state index contributed by atoms with van der Waals surface area (Å²) in [5.74, 6) is -3.27. The van der Waals surface area contributed by atoms with Crippen LogP contribution in [0, 0.1) is 5.82 Å². The number of hydrogen-bond acceptors (Lipinski definition) is 4. The highest BCUT2D eigenvalue weighted by Crippen LogP contribution is 2.09. The first-order valence-corrected chi connectivity index (χ1v) is 9.50. The molecule has 1 amide bonds. The summed E-state index contributed by atoms with van der Waals surface area (Å²) >= 11 is 0. The maximum absolute atomic E-state index is 12.9. The molecule has 0 saturated carbocycles. The van der Waals surface area contributed by atoms with Gasteiger partial charge in [-0.15, -0.1) is 0 Å². The van der Waals surface area contributed by atoms with Gasteiger partial charge in [0.2, 0.25) is 5.91 Å². The second kappa shape index (κ2) is 9.36. The topological polar surface area (TPSA) is 91.8 Å². The summed E-state index contributed by atoms with van der Waals surface area (Å²) in [5.41, 5.74) is 0.523. The minimum atomic E-state index is -3.58. The van der Waals surface area contributed by atoms with Crippen molar-refractivity contribution in [3.05, 3.63) is 35.6 Å². The Morgan fingerprint density at radius 1 is 1.17 bits per heavy atom. The summed E-state index contributed by atoms with van der Waals surface area (Å²) < 4.78 is 36.8. The van der Waals surface area contributed by atoms with Gasteiger partial charge in [-0.3, -0.25) is 9.59 Å². The molecule has 0 bridgehead atoms. The van der Waals surface area contributed by atoms with E-state index in [2.05, 4.69) is 0 Å². The minimum absolute atomic E-state index is 0.0874. The van der Waals surface area contributed by atoms with E-state index < -0.39 is 39.8 Å². The van der Waals surface area contributed by atoms with E-state index >= 15 is 0 Å². The van der Waals surface area contributed by atoms with Crippen molar-refractivity contribution in [3.8, 4) is 0 Å². The molecule has 0 atom stereocenters. The predicted molar refractivity (Wildman–Crippen MR) is 87.6 cm³/mol. The fraction of sp³-hybridized carbons (Fsp3) is 0.500. The van der Waals surface area contributed by atoms with Crippen LogP contribution in [0.5, 0.6) is 0 Å². The molecule has 0 heterocycles. The molecule has 6 nitrogen and oxygen atoms in total. The summed E-state index contributed by atoms with van der Waals surface area (Å²) in [6, 6.07) is 5.24. The molecule has 1 aromatic carbocycles. The van der Waals surface area contributed by atoms with Crippen LogP contribution in [0.3, 0.4) is 0 Å². The zero-order valence-electron chi connectivity index (χ0n) is 13.6. The molecule has 0 unspecified atom stereocenters. The predicted octanol–water partition coefficient (Wildman–Crippen LogP) is 1.84. The lowest BCUT2D eigenvalue weighted by Gasteiger charge is -2.21. The van der Waals surface area contributed by atoms with Crippen LogP contribution in [0.1, 0.15) is 31.7 Å². The number of unbranched alkanes of at least 4 members (excludes halogenated alkanes) is 2. The molecule has 0 aliphatic heterocycles. The number of amides is 1. The first kappa shape index (κ1) is 20.1. The molecule has 24 heavy (non-hydrogen) atoms. The van der Waals surface area contributed by atoms with Gasteiger partial charge in [-0.25, -0.2) is 12.8 Å². The van der Waals surface area contributed by atoms with Crippen molar-refractivity contribution in [2.45, 2.75) is 32.7 Å². The maximum atomic E-state index is 12.9. The molecular formula is C16H22FNO5S. The summed E-state index contributed by atoms with van der Waals surface area (Å²) in [5, 5.41) is 8.92. The number of carboxylic acids is 1. The van der Waals surface area contributed by atoms with Gasteiger partial charge in [0.1, 0.15) is 18.1 Å². The second-order valence-corrected chi connectivity index (χ2v) is 7.75. The molecule has 134 valence electrons. The highest BCUT2D eigenvalue weighted by Gasteiger charge is 2.23. The smallest absolute Gasteiger partial charge is 0.323 e. The van der Waals surface area contributed by atoms with Gasteiger partial charge in [0.15, 0.2) is 9.84 Å². The lowest BCUT2D eigenvalue weighted by molar-refractivity contribution is -0.143. The third-order valence-electron chi connectivity index (χ3n) is 3.37. The molecule has 1 N–H and O–H groups in total. The van der Waals surface area contributed by atoms with Gasteiger partial charge in [-0.2, -0.15) is 0 Å². The zero-order chi connectivity index (χ0) is 18.2. The quantitative estimate of drug-likeness (QED) is 0.644. The molecule has 1 rings (SSSR count). The Kier molecular flexibility index (Phi) is 7.84.